The van der Waals surface area contributed by atoms with Crippen molar-refractivity contribution in [3.05, 3.63) is 57.8 Å². The first-order chi connectivity index (χ1) is 13.9. The highest BCUT2D eigenvalue weighted by Crippen LogP contribution is 2.24. The lowest BCUT2D eigenvalue weighted by molar-refractivity contribution is 0.0649. The van der Waals surface area contributed by atoms with Gasteiger partial charge in [-0.3, -0.25) is 19.4 Å². The highest BCUT2D eigenvalue weighted by atomic mass is 32.2. The molecule has 0 N–H and O–H groups in total. The molecule has 6 nitrogen and oxygen atoms in total. The molecule has 1 atom stereocenters. The molecule has 1 fully saturated rings. The Morgan fingerprint density at radius 3 is 2.34 bits per heavy atom. The van der Waals surface area contributed by atoms with Crippen LogP contribution in [0.2, 0.25) is 0 Å². The van der Waals surface area contributed by atoms with Gasteiger partial charge in [0.15, 0.2) is 9.84 Å². The number of unbranched alkanes of at least 4 members (excludes halogenated alkanes) is 1. The zero-order valence-electron chi connectivity index (χ0n) is 16.1. The number of imide groups is 1. The van der Waals surface area contributed by atoms with Crippen LogP contribution >= 0.6 is 11.3 Å². The molecule has 0 spiro atoms. The van der Waals surface area contributed by atoms with E-state index in [2.05, 4.69) is 11.0 Å². The van der Waals surface area contributed by atoms with E-state index >= 15 is 0 Å². The third-order valence-electron chi connectivity index (χ3n) is 5.62. The maximum Gasteiger partial charge on any atom is 0.261 e. The van der Waals surface area contributed by atoms with Gasteiger partial charge in [-0.2, -0.15) is 0 Å². The fourth-order valence-electron chi connectivity index (χ4n) is 4.08. The first-order valence-corrected chi connectivity index (χ1v) is 12.6. The van der Waals surface area contributed by atoms with E-state index in [1.165, 1.54) is 9.78 Å². The van der Waals surface area contributed by atoms with Crippen LogP contribution in [-0.4, -0.2) is 60.7 Å². The summed E-state index contributed by atoms with van der Waals surface area (Å²) in [6, 6.07) is 11.0. The average Bonchev–Trinajstić information content (AvgIpc) is 3.40. The van der Waals surface area contributed by atoms with Crippen molar-refractivity contribution < 1.29 is 18.0 Å². The lowest BCUT2D eigenvalue weighted by Crippen LogP contribution is -2.37. The number of hydrogen-bond donors (Lipinski definition) is 0. The van der Waals surface area contributed by atoms with Gasteiger partial charge in [0.2, 0.25) is 0 Å². The van der Waals surface area contributed by atoms with Crippen molar-refractivity contribution in [3.8, 4) is 0 Å². The second-order valence-corrected chi connectivity index (χ2v) is 10.9. The van der Waals surface area contributed by atoms with Gasteiger partial charge in [0, 0.05) is 24.0 Å². The fourth-order valence-corrected chi connectivity index (χ4v) is 6.57. The summed E-state index contributed by atoms with van der Waals surface area (Å²) in [5.74, 6) is 0.0376. The van der Waals surface area contributed by atoms with Gasteiger partial charge in [0.25, 0.3) is 11.8 Å². The average molecular weight is 433 g/mol. The molecule has 1 aromatic heterocycles. The van der Waals surface area contributed by atoms with Crippen LogP contribution in [-0.2, 0) is 16.4 Å². The Morgan fingerprint density at radius 2 is 1.76 bits per heavy atom. The summed E-state index contributed by atoms with van der Waals surface area (Å²) in [5.41, 5.74) is 0.959. The van der Waals surface area contributed by atoms with E-state index in [1.54, 1.807) is 35.6 Å². The van der Waals surface area contributed by atoms with Crippen molar-refractivity contribution >= 4 is 33.0 Å². The minimum absolute atomic E-state index is 0.0430. The van der Waals surface area contributed by atoms with Crippen LogP contribution in [0.15, 0.2) is 41.8 Å². The smallest absolute Gasteiger partial charge is 0.261 e. The molecule has 1 unspecified atom stereocenters. The van der Waals surface area contributed by atoms with Gasteiger partial charge in [0.1, 0.15) is 0 Å². The summed E-state index contributed by atoms with van der Waals surface area (Å²) >= 11 is 1.67. The number of hydrogen-bond acceptors (Lipinski definition) is 6. The van der Waals surface area contributed by atoms with Crippen LogP contribution in [0.4, 0.5) is 0 Å². The molecule has 0 radical (unpaired) electrons. The molecular weight excluding hydrogens is 408 g/mol. The van der Waals surface area contributed by atoms with E-state index in [0.717, 1.165) is 19.5 Å². The molecule has 0 aliphatic carbocycles. The van der Waals surface area contributed by atoms with Crippen LogP contribution in [0.25, 0.3) is 0 Å². The van der Waals surface area contributed by atoms with Crippen molar-refractivity contribution in [2.75, 3.05) is 24.6 Å². The van der Waals surface area contributed by atoms with Crippen LogP contribution in [0.1, 0.15) is 44.9 Å². The number of amides is 2. The first kappa shape index (κ1) is 20.3. The summed E-state index contributed by atoms with van der Waals surface area (Å²) in [4.78, 5) is 29.7. The van der Waals surface area contributed by atoms with Crippen LogP contribution in [0, 0.1) is 0 Å². The lowest BCUT2D eigenvalue weighted by atomic mass is 10.1. The predicted octanol–water partition coefficient (Wildman–Crippen LogP) is 2.81. The summed E-state index contributed by atoms with van der Waals surface area (Å²) < 4.78 is 23.9. The number of fused-ring (bicyclic) bond motifs is 1. The van der Waals surface area contributed by atoms with Gasteiger partial charge in [0.05, 0.1) is 22.6 Å². The number of rotatable bonds is 8. The Balaban J connectivity index is 1.34. The van der Waals surface area contributed by atoms with Gasteiger partial charge >= 0.3 is 0 Å². The summed E-state index contributed by atoms with van der Waals surface area (Å²) in [6.07, 6.45) is 2.17. The number of sulfone groups is 1. The molecule has 2 aliphatic heterocycles. The van der Waals surface area contributed by atoms with E-state index in [4.69, 9.17) is 0 Å². The summed E-state index contributed by atoms with van der Waals surface area (Å²) in [5, 5.41) is 2.03. The summed E-state index contributed by atoms with van der Waals surface area (Å²) in [6.45, 7) is 1.88. The Morgan fingerprint density at radius 1 is 1.03 bits per heavy atom. The van der Waals surface area contributed by atoms with Gasteiger partial charge in [-0.15, -0.1) is 11.3 Å². The first-order valence-electron chi connectivity index (χ1n) is 9.87. The second-order valence-electron chi connectivity index (χ2n) is 7.62. The maximum atomic E-state index is 12.5. The largest absolute Gasteiger partial charge is 0.294 e. The zero-order valence-corrected chi connectivity index (χ0v) is 17.8. The van der Waals surface area contributed by atoms with Gasteiger partial charge < -0.3 is 0 Å². The Labute approximate surface area is 175 Å². The Kier molecular flexibility index (Phi) is 5.85. The molecule has 8 heteroatoms. The van der Waals surface area contributed by atoms with Crippen molar-refractivity contribution in [2.24, 2.45) is 0 Å². The molecule has 1 saturated heterocycles. The lowest BCUT2D eigenvalue weighted by Gasteiger charge is -2.27. The molecule has 154 valence electrons. The number of benzene rings is 1. The fraction of sp³-hybridized carbons (Fsp3) is 0.429. The molecular formula is C21H24N2O4S2. The quantitative estimate of drug-likeness (QED) is 0.474. The van der Waals surface area contributed by atoms with Crippen molar-refractivity contribution in [2.45, 2.75) is 31.8 Å². The van der Waals surface area contributed by atoms with E-state index in [1.807, 2.05) is 11.4 Å². The highest BCUT2D eigenvalue weighted by molar-refractivity contribution is 7.91. The van der Waals surface area contributed by atoms with Crippen LogP contribution in [0.3, 0.4) is 0 Å². The van der Waals surface area contributed by atoms with E-state index in [0.29, 0.717) is 30.5 Å². The summed E-state index contributed by atoms with van der Waals surface area (Å²) in [7, 11) is -2.94. The molecule has 2 amide bonds. The number of thiophene rings is 1. The molecule has 3 heterocycles. The molecule has 0 bridgehead atoms. The number of carbonyl (C=O) groups excluding carboxylic acids is 2. The predicted molar refractivity (Wildman–Crippen MR) is 113 cm³/mol. The van der Waals surface area contributed by atoms with Crippen LogP contribution in [0.5, 0.6) is 0 Å². The zero-order chi connectivity index (χ0) is 20.4. The third-order valence-corrected chi connectivity index (χ3v) is 8.23. The monoisotopic (exact) mass is 432 g/mol. The molecule has 2 aromatic rings. The normalized spacial score (nSPS) is 20.6. The maximum absolute atomic E-state index is 12.5. The standard InChI is InChI=1S/C21H24N2O4S2/c24-20-18-7-1-2-8-19(18)21(25)23(20)11-4-3-10-22(14-17-6-5-12-28-17)16-9-13-29(26,27)15-16/h1-2,5-8,12,16H,3-4,9-11,13-15H2. The molecule has 2 aliphatic rings. The SMILES string of the molecule is O=C1c2ccccc2C(=O)N1CCCCN(Cc1cccs1)C1CCS(=O)(=O)C1. The Bertz CT molecular complexity index is 966. The number of nitrogens with zero attached hydrogens (tertiary/aromatic N) is 2. The highest BCUT2D eigenvalue weighted by Gasteiger charge is 2.35. The van der Waals surface area contributed by atoms with Gasteiger partial charge in [-0.05, 0) is 49.4 Å². The second kappa shape index (κ2) is 8.38. The van der Waals surface area contributed by atoms with Gasteiger partial charge in [-0.1, -0.05) is 18.2 Å². The molecule has 29 heavy (non-hydrogen) atoms. The van der Waals surface area contributed by atoms with Crippen LogP contribution < -0.4 is 0 Å². The van der Waals surface area contributed by atoms with E-state index in [9.17, 15) is 18.0 Å². The Hall–Kier alpha value is -2.03. The van der Waals surface area contributed by atoms with Crippen molar-refractivity contribution in [3.63, 3.8) is 0 Å². The topological polar surface area (TPSA) is 74.8 Å². The third kappa shape index (κ3) is 4.44. The van der Waals surface area contributed by atoms with E-state index in [-0.39, 0.29) is 29.4 Å². The van der Waals surface area contributed by atoms with Crippen molar-refractivity contribution in [1.82, 2.24) is 9.80 Å². The number of carbonyl (C=O) groups is 2. The minimum Gasteiger partial charge on any atom is -0.294 e. The molecule has 1 aromatic carbocycles. The molecule has 0 saturated carbocycles. The minimum atomic E-state index is -2.94. The van der Waals surface area contributed by atoms with Gasteiger partial charge in [-0.25, -0.2) is 8.42 Å². The molecule has 4 rings (SSSR count). The van der Waals surface area contributed by atoms with Crippen molar-refractivity contribution in [1.29, 1.82) is 0 Å². The van der Waals surface area contributed by atoms with E-state index < -0.39 is 9.84 Å².